The maximum atomic E-state index is 8.17. The van der Waals surface area contributed by atoms with E-state index in [1.54, 1.807) is 0 Å². The second kappa shape index (κ2) is 11.4. The topological polar surface area (TPSA) is 39.6 Å². The van der Waals surface area contributed by atoms with E-state index >= 15 is 0 Å². The summed E-state index contributed by atoms with van der Waals surface area (Å²) in [4.78, 5) is 3.88. The van der Waals surface area contributed by atoms with Crippen molar-refractivity contribution in [3.63, 3.8) is 0 Å². The summed E-state index contributed by atoms with van der Waals surface area (Å²) in [6.45, 7) is 3.97. The normalized spacial score (nSPS) is 13.3. The molecule has 0 radical (unpaired) electrons. The van der Waals surface area contributed by atoms with E-state index in [0.29, 0.717) is 5.71 Å². The maximum Gasteiger partial charge on any atom is 0.0544 e. The summed E-state index contributed by atoms with van der Waals surface area (Å²) in [5, 5.41) is 20.6. The van der Waals surface area contributed by atoms with Crippen LogP contribution < -0.4 is 0 Å². The van der Waals surface area contributed by atoms with Crippen molar-refractivity contribution in [1.82, 2.24) is 4.98 Å². The number of aromatic nitrogens is 1. The molecular weight excluding hydrogens is 617 g/mol. The van der Waals surface area contributed by atoms with Crippen LogP contribution in [0.5, 0.6) is 0 Å². The van der Waals surface area contributed by atoms with E-state index in [9.17, 15) is 0 Å². The van der Waals surface area contributed by atoms with Gasteiger partial charge in [0.2, 0.25) is 0 Å². The van der Waals surface area contributed by atoms with Crippen molar-refractivity contribution in [1.29, 1.82) is 5.41 Å². The van der Waals surface area contributed by atoms with Gasteiger partial charge in [0.25, 0.3) is 0 Å². The second-order valence-electron chi connectivity index (χ2n) is 14.1. The molecule has 0 amide bonds. The van der Waals surface area contributed by atoms with E-state index in [1.807, 2.05) is 13.0 Å². The molecule has 0 atom stereocenters. The zero-order chi connectivity index (χ0) is 34.2. The number of hydrogen-bond donors (Lipinski definition) is 2. The second-order valence-corrected chi connectivity index (χ2v) is 14.1. The Morgan fingerprint density at radius 1 is 0.588 bits per heavy atom. The van der Waals surface area contributed by atoms with Crippen LogP contribution in [0.15, 0.2) is 140 Å². The molecule has 1 heterocycles. The van der Waals surface area contributed by atoms with Crippen LogP contribution in [0.1, 0.15) is 37.0 Å². The van der Waals surface area contributed by atoms with Gasteiger partial charge in [-0.2, -0.15) is 0 Å². The van der Waals surface area contributed by atoms with Gasteiger partial charge in [-0.15, -0.1) is 0 Å². The SMILES string of the molecule is CC(=N)/C=C(\C)c1c2ccccc2c(-c2ccc3c(ccc4c5ccc(-c6c7c(cc8ccccc68)C=CCC7)cc5[nH]c34)c2)c2ccccc12. The van der Waals surface area contributed by atoms with E-state index in [0.717, 1.165) is 18.4 Å². The van der Waals surface area contributed by atoms with Gasteiger partial charge in [0.15, 0.2) is 0 Å². The van der Waals surface area contributed by atoms with Crippen molar-refractivity contribution < 1.29 is 0 Å². The minimum Gasteiger partial charge on any atom is -0.354 e. The molecule has 8 aromatic carbocycles. The molecule has 10 rings (SSSR count). The monoisotopic (exact) mass is 652 g/mol. The lowest BCUT2D eigenvalue weighted by Crippen LogP contribution is -1.99. The van der Waals surface area contributed by atoms with E-state index in [1.165, 1.54) is 104 Å². The lowest BCUT2D eigenvalue weighted by atomic mass is 9.85. The molecule has 0 saturated heterocycles. The van der Waals surface area contributed by atoms with Crippen molar-refractivity contribution in [2.24, 2.45) is 0 Å². The molecule has 0 spiro atoms. The number of hydrogen-bond acceptors (Lipinski definition) is 1. The average Bonchev–Trinajstić information content (AvgIpc) is 3.53. The molecule has 0 bridgehead atoms. The highest BCUT2D eigenvalue weighted by Gasteiger charge is 2.19. The molecule has 2 heteroatoms. The number of fused-ring (bicyclic) bond motifs is 9. The van der Waals surface area contributed by atoms with Crippen LogP contribution in [-0.2, 0) is 6.42 Å². The first-order valence-corrected chi connectivity index (χ1v) is 17.9. The fraction of sp³-hybridized carbons (Fsp3) is 0.0816. The van der Waals surface area contributed by atoms with Gasteiger partial charge in [-0.05, 0) is 133 Å². The molecule has 0 fully saturated rings. The highest BCUT2D eigenvalue weighted by atomic mass is 14.7. The van der Waals surface area contributed by atoms with E-state index in [-0.39, 0.29) is 0 Å². The first-order valence-electron chi connectivity index (χ1n) is 17.9. The van der Waals surface area contributed by atoms with Crippen LogP contribution in [0, 0.1) is 5.41 Å². The molecule has 242 valence electrons. The molecule has 0 saturated carbocycles. The van der Waals surface area contributed by atoms with Crippen LogP contribution in [0.2, 0.25) is 0 Å². The highest BCUT2D eigenvalue weighted by molar-refractivity contribution is 6.22. The molecule has 2 nitrogen and oxygen atoms in total. The summed E-state index contributed by atoms with van der Waals surface area (Å²) < 4.78 is 0. The van der Waals surface area contributed by atoms with Crippen molar-refractivity contribution >= 4 is 82.3 Å². The Morgan fingerprint density at radius 2 is 1.22 bits per heavy atom. The number of rotatable bonds is 4. The van der Waals surface area contributed by atoms with Gasteiger partial charge in [-0.3, -0.25) is 0 Å². The number of benzene rings is 8. The standard InChI is InChI=1S/C49H36N2/c1-29(25-30(2)50)46-40-15-7-9-17-42(40)48(43-18-10-8-16-41(43)46)34-20-22-38-33(27-34)19-24-44-39-23-21-35(28-45(39)51-49(38)44)47-36-13-5-3-11-31(36)26-32-12-4-6-14-37(32)47/h3-5,7-13,15-28,50-51H,6,14H2,1-2H3/b29-25+,50-30?. The zero-order valence-electron chi connectivity index (χ0n) is 28.8. The summed E-state index contributed by atoms with van der Waals surface area (Å²) in [6.07, 6.45) is 8.73. The third-order valence-electron chi connectivity index (χ3n) is 11.0. The summed E-state index contributed by atoms with van der Waals surface area (Å²) >= 11 is 0. The number of H-pyrrole nitrogens is 1. The zero-order valence-corrected chi connectivity index (χ0v) is 28.8. The molecular formula is C49H36N2. The first kappa shape index (κ1) is 29.6. The van der Waals surface area contributed by atoms with E-state index in [2.05, 4.69) is 151 Å². The Kier molecular flexibility index (Phi) is 6.63. The van der Waals surface area contributed by atoms with Crippen molar-refractivity contribution in [2.75, 3.05) is 0 Å². The molecule has 51 heavy (non-hydrogen) atoms. The number of nitrogens with one attached hydrogen (secondary N) is 2. The molecule has 9 aromatic rings. The minimum atomic E-state index is 0.559. The summed E-state index contributed by atoms with van der Waals surface area (Å²) in [6, 6.07) is 47.2. The van der Waals surface area contributed by atoms with Crippen molar-refractivity contribution in [3.05, 3.63) is 156 Å². The Bertz CT molecular complexity index is 2950. The summed E-state index contributed by atoms with van der Waals surface area (Å²) in [7, 11) is 0. The maximum absolute atomic E-state index is 8.17. The fourth-order valence-corrected chi connectivity index (χ4v) is 8.88. The van der Waals surface area contributed by atoms with Crippen LogP contribution >= 0.6 is 0 Å². The van der Waals surface area contributed by atoms with Crippen LogP contribution in [-0.4, -0.2) is 10.7 Å². The Labute approximate surface area is 296 Å². The van der Waals surface area contributed by atoms with Gasteiger partial charge in [-0.1, -0.05) is 121 Å². The summed E-state index contributed by atoms with van der Waals surface area (Å²) in [5.74, 6) is 0. The Hall–Kier alpha value is -6.25. The van der Waals surface area contributed by atoms with E-state index in [4.69, 9.17) is 5.41 Å². The third-order valence-corrected chi connectivity index (χ3v) is 11.0. The number of aromatic amines is 1. The van der Waals surface area contributed by atoms with E-state index < -0.39 is 0 Å². The predicted octanol–water partition coefficient (Wildman–Crippen LogP) is 13.7. The van der Waals surface area contributed by atoms with Gasteiger partial charge in [0.05, 0.1) is 5.52 Å². The molecule has 0 aliphatic heterocycles. The lowest BCUT2D eigenvalue weighted by molar-refractivity contribution is 0.991. The van der Waals surface area contributed by atoms with Gasteiger partial charge in [0.1, 0.15) is 0 Å². The molecule has 1 aliphatic carbocycles. The van der Waals surface area contributed by atoms with Gasteiger partial charge >= 0.3 is 0 Å². The van der Waals surface area contributed by atoms with Gasteiger partial charge in [-0.25, -0.2) is 0 Å². The fourth-order valence-electron chi connectivity index (χ4n) is 8.88. The predicted molar refractivity (Wildman–Crippen MR) is 221 cm³/mol. The van der Waals surface area contributed by atoms with Gasteiger partial charge < -0.3 is 10.4 Å². The molecule has 2 N–H and O–H groups in total. The quantitative estimate of drug-likeness (QED) is 0.140. The highest BCUT2D eigenvalue weighted by Crippen LogP contribution is 2.44. The van der Waals surface area contributed by atoms with Crippen LogP contribution in [0.3, 0.4) is 0 Å². The minimum absolute atomic E-state index is 0.559. The van der Waals surface area contributed by atoms with Gasteiger partial charge in [0, 0.05) is 27.4 Å². The lowest BCUT2D eigenvalue weighted by Gasteiger charge is -2.19. The largest absolute Gasteiger partial charge is 0.354 e. The Morgan fingerprint density at radius 3 is 1.96 bits per heavy atom. The molecule has 0 unspecified atom stereocenters. The van der Waals surface area contributed by atoms with Crippen molar-refractivity contribution in [3.8, 4) is 22.3 Å². The van der Waals surface area contributed by atoms with Crippen molar-refractivity contribution in [2.45, 2.75) is 26.7 Å². The smallest absolute Gasteiger partial charge is 0.0544 e. The Balaban J connectivity index is 1.16. The number of allylic oxidation sites excluding steroid dienone is 3. The van der Waals surface area contributed by atoms with Crippen LogP contribution in [0.25, 0.3) is 98.8 Å². The summed E-state index contributed by atoms with van der Waals surface area (Å²) in [5.41, 5.74) is 13.1. The average molecular weight is 653 g/mol. The third kappa shape index (κ3) is 4.60. The van der Waals surface area contributed by atoms with Crippen LogP contribution in [0.4, 0.5) is 0 Å². The first-order chi connectivity index (χ1) is 25.0. The molecule has 1 aromatic heterocycles. The molecule has 1 aliphatic rings.